The highest BCUT2D eigenvalue weighted by atomic mass is 16.6. The maximum absolute atomic E-state index is 13.4. The summed E-state index contributed by atoms with van der Waals surface area (Å²) in [6, 6.07) is 27.2. The molecule has 0 N–H and O–H groups in total. The van der Waals surface area contributed by atoms with Crippen molar-refractivity contribution in [2.24, 2.45) is 4.99 Å². The molecule has 0 spiro atoms. The van der Waals surface area contributed by atoms with Gasteiger partial charge in [0.25, 0.3) is 11.6 Å². The van der Waals surface area contributed by atoms with Gasteiger partial charge in [0.1, 0.15) is 17.4 Å². The number of benzene rings is 3. The maximum atomic E-state index is 13.4. The molecular formula is C26H19N5O3. The van der Waals surface area contributed by atoms with Crippen LogP contribution in [0.2, 0.25) is 0 Å². The van der Waals surface area contributed by atoms with Gasteiger partial charge in [0.15, 0.2) is 0 Å². The van der Waals surface area contributed by atoms with E-state index < -0.39 is 4.92 Å². The number of carbonyl (C=O) groups excluding carboxylic acids is 1. The predicted octanol–water partition coefficient (Wildman–Crippen LogP) is 5.25. The summed E-state index contributed by atoms with van der Waals surface area (Å²) in [5.74, 6) is 0.783. The van der Waals surface area contributed by atoms with Crippen LogP contribution in [0.5, 0.6) is 0 Å². The van der Waals surface area contributed by atoms with E-state index in [9.17, 15) is 14.9 Å². The van der Waals surface area contributed by atoms with E-state index in [1.165, 1.54) is 17.0 Å². The molecule has 0 bridgehead atoms. The number of amides is 1. The minimum atomic E-state index is -0.462. The molecule has 8 heteroatoms. The van der Waals surface area contributed by atoms with E-state index in [1.54, 1.807) is 29.8 Å². The average molecular weight is 449 g/mol. The fourth-order valence-corrected chi connectivity index (χ4v) is 3.79. The van der Waals surface area contributed by atoms with Gasteiger partial charge in [-0.1, -0.05) is 48.5 Å². The number of aromatic nitrogens is 2. The van der Waals surface area contributed by atoms with Crippen molar-refractivity contribution in [1.29, 1.82) is 0 Å². The minimum absolute atomic E-state index is 0.0126. The molecule has 3 aromatic carbocycles. The summed E-state index contributed by atoms with van der Waals surface area (Å²) in [4.78, 5) is 29.9. The molecule has 1 aromatic heterocycles. The molecule has 0 radical (unpaired) electrons. The molecule has 0 unspecified atom stereocenters. The van der Waals surface area contributed by atoms with Gasteiger partial charge in [0, 0.05) is 23.8 Å². The highest BCUT2D eigenvalue weighted by Crippen LogP contribution is 2.31. The molecule has 4 aromatic rings. The predicted molar refractivity (Wildman–Crippen MR) is 131 cm³/mol. The number of nitrogens with zero attached hydrogens (tertiary/aromatic N) is 5. The molecule has 0 fully saturated rings. The van der Waals surface area contributed by atoms with Crippen molar-refractivity contribution >= 4 is 29.3 Å². The number of carbonyl (C=O) groups is 1. The number of aliphatic imine (C=N–C) groups is 1. The van der Waals surface area contributed by atoms with Gasteiger partial charge in [-0.2, -0.15) is 5.10 Å². The van der Waals surface area contributed by atoms with Gasteiger partial charge < -0.3 is 0 Å². The Morgan fingerprint density at radius 3 is 2.21 bits per heavy atom. The maximum Gasteiger partial charge on any atom is 0.283 e. The zero-order valence-electron chi connectivity index (χ0n) is 18.2. The zero-order chi connectivity index (χ0) is 23.7. The molecule has 0 saturated heterocycles. The third-order valence-corrected chi connectivity index (χ3v) is 5.43. The minimum Gasteiger partial charge on any atom is -0.266 e. The Bertz CT molecular complexity index is 1440. The fourth-order valence-electron chi connectivity index (χ4n) is 3.79. The summed E-state index contributed by atoms with van der Waals surface area (Å²) >= 11 is 0. The van der Waals surface area contributed by atoms with Crippen LogP contribution in [0.25, 0.3) is 23.0 Å². The van der Waals surface area contributed by atoms with Crippen molar-refractivity contribution in [2.45, 2.75) is 6.92 Å². The van der Waals surface area contributed by atoms with Crippen LogP contribution >= 0.6 is 0 Å². The Balaban J connectivity index is 1.56. The van der Waals surface area contributed by atoms with E-state index in [-0.39, 0.29) is 17.3 Å². The first-order chi connectivity index (χ1) is 16.5. The second-order valence-electron chi connectivity index (χ2n) is 7.68. The monoisotopic (exact) mass is 449 g/mol. The molecule has 0 atom stereocenters. The Morgan fingerprint density at radius 1 is 0.912 bits per heavy atom. The Labute approximate surface area is 195 Å². The lowest BCUT2D eigenvalue weighted by Crippen LogP contribution is -2.32. The third kappa shape index (κ3) is 3.88. The molecule has 8 nitrogen and oxygen atoms in total. The van der Waals surface area contributed by atoms with Crippen molar-refractivity contribution in [1.82, 2.24) is 9.78 Å². The lowest BCUT2D eigenvalue weighted by atomic mass is 10.1. The topological polar surface area (TPSA) is 93.6 Å². The van der Waals surface area contributed by atoms with Crippen molar-refractivity contribution < 1.29 is 9.72 Å². The van der Waals surface area contributed by atoms with Crippen molar-refractivity contribution in [3.05, 3.63) is 112 Å². The van der Waals surface area contributed by atoms with Gasteiger partial charge >= 0.3 is 0 Å². The second-order valence-corrected chi connectivity index (χ2v) is 7.68. The Hall–Kier alpha value is -4.85. The summed E-state index contributed by atoms with van der Waals surface area (Å²) in [6.45, 7) is 1.76. The molecule has 1 amide bonds. The van der Waals surface area contributed by atoms with Crippen LogP contribution < -0.4 is 4.90 Å². The molecule has 2 heterocycles. The van der Waals surface area contributed by atoms with Gasteiger partial charge in [-0.05, 0) is 42.8 Å². The first-order valence-corrected chi connectivity index (χ1v) is 10.6. The first kappa shape index (κ1) is 21.0. The summed E-state index contributed by atoms with van der Waals surface area (Å²) in [5.41, 5.74) is 3.35. The number of para-hydroxylation sites is 1. The van der Waals surface area contributed by atoms with Crippen LogP contribution in [-0.4, -0.2) is 26.4 Å². The van der Waals surface area contributed by atoms with Gasteiger partial charge in [0.05, 0.1) is 16.3 Å². The summed E-state index contributed by atoms with van der Waals surface area (Å²) in [6.07, 6.45) is 1.62. The third-order valence-electron chi connectivity index (χ3n) is 5.43. The van der Waals surface area contributed by atoms with Crippen molar-refractivity contribution in [3.63, 3.8) is 0 Å². The van der Waals surface area contributed by atoms with Gasteiger partial charge in [-0.3, -0.25) is 14.9 Å². The SMILES string of the molecule is CC1=N/C(=C/c2ccc([N+](=O)[O-])cc2)C(=O)N1c1cc(-c2ccccc2)nn1-c1ccccc1. The van der Waals surface area contributed by atoms with Crippen LogP contribution in [0, 0.1) is 10.1 Å². The molecular weight excluding hydrogens is 430 g/mol. The molecule has 166 valence electrons. The normalized spacial score (nSPS) is 14.5. The zero-order valence-corrected chi connectivity index (χ0v) is 18.2. The lowest BCUT2D eigenvalue weighted by molar-refractivity contribution is -0.384. The van der Waals surface area contributed by atoms with E-state index in [4.69, 9.17) is 5.10 Å². The van der Waals surface area contributed by atoms with E-state index in [0.29, 0.717) is 17.2 Å². The molecule has 0 saturated carbocycles. The standard InChI is InChI=1S/C26H19N5O3/c1-18-27-24(16-19-12-14-22(15-13-19)31(33)34)26(32)29(18)25-17-23(20-8-4-2-5-9-20)28-30(25)21-10-6-3-7-11-21/h2-17H,1H3/b24-16+. The van der Waals surface area contributed by atoms with Crippen LogP contribution in [-0.2, 0) is 4.79 Å². The number of hydrogen-bond acceptors (Lipinski definition) is 5. The summed E-state index contributed by atoms with van der Waals surface area (Å²) in [5, 5.41) is 15.7. The Morgan fingerprint density at radius 2 is 1.56 bits per heavy atom. The molecule has 1 aliphatic heterocycles. The number of anilines is 1. The van der Waals surface area contributed by atoms with E-state index >= 15 is 0 Å². The Kier molecular flexibility index (Phi) is 5.31. The number of non-ortho nitro benzene ring substituents is 1. The van der Waals surface area contributed by atoms with Crippen LogP contribution in [0.15, 0.2) is 102 Å². The molecule has 34 heavy (non-hydrogen) atoms. The highest BCUT2D eigenvalue weighted by Gasteiger charge is 2.32. The molecule has 0 aliphatic carbocycles. The number of nitro groups is 1. The van der Waals surface area contributed by atoms with Gasteiger partial charge in [-0.15, -0.1) is 0 Å². The number of hydrogen-bond donors (Lipinski definition) is 0. The fraction of sp³-hybridized carbons (Fsp3) is 0.0385. The van der Waals surface area contributed by atoms with Gasteiger partial charge in [0.2, 0.25) is 0 Å². The van der Waals surface area contributed by atoms with Crippen LogP contribution in [0.3, 0.4) is 0 Å². The first-order valence-electron chi connectivity index (χ1n) is 10.6. The van der Waals surface area contributed by atoms with Crippen molar-refractivity contribution in [3.8, 4) is 16.9 Å². The van der Waals surface area contributed by atoms with Crippen molar-refractivity contribution in [2.75, 3.05) is 4.90 Å². The molecule has 1 aliphatic rings. The van der Waals surface area contributed by atoms with E-state index in [2.05, 4.69) is 4.99 Å². The smallest absolute Gasteiger partial charge is 0.266 e. The number of amidine groups is 1. The van der Waals surface area contributed by atoms with Gasteiger partial charge in [-0.25, -0.2) is 14.6 Å². The molecule has 5 rings (SSSR count). The summed E-state index contributed by atoms with van der Waals surface area (Å²) < 4.78 is 1.73. The highest BCUT2D eigenvalue weighted by molar-refractivity contribution is 6.28. The van der Waals surface area contributed by atoms with Crippen LogP contribution in [0.4, 0.5) is 11.5 Å². The summed E-state index contributed by atoms with van der Waals surface area (Å²) in [7, 11) is 0. The van der Waals surface area contributed by atoms with E-state index in [1.807, 2.05) is 66.7 Å². The number of rotatable bonds is 5. The van der Waals surface area contributed by atoms with E-state index in [0.717, 1.165) is 16.9 Å². The largest absolute Gasteiger partial charge is 0.283 e. The van der Waals surface area contributed by atoms with Crippen LogP contribution in [0.1, 0.15) is 12.5 Å². The second kappa shape index (κ2) is 8.59. The number of nitro benzene ring substituents is 1. The quantitative estimate of drug-likeness (QED) is 0.236. The lowest BCUT2D eigenvalue weighted by Gasteiger charge is -2.17. The average Bonchev–Trinajstić information content (AvgIpc) is 3.41.